The maximum absolute atomic E-state index is 13.2. The van der Waals surface area contributed by atoms with Gasteiger partial charge in [-0.25, -0.2) is 0 Å². The monoisotopic (exact) mass is 412 g/mol. The number of rotatable bonds is 6. The molecule has 0 unspecified atom stereocenters. The number of benzene rings is 2. The summed E-state index contributed by atoms with van der Waals surface area (Å²) in [6.45, 7) is 2.17. The van der Waals surface area contributed by atoms with Gasteiger partial charge in [0.05, 0.1) is 27.8 Å². The maximum Gasteiger partial charge on any atom is 0.261 e. The number of carbonyl (C=O) groups is 2. The fourth-order valence-electron chi connectivity index (χ4n) is 3.62. The number of hydrogen-bond acceptors (Lipinski definition) is 5. The minimum absolute atomic E-state index is 0.0596. The lowest BCUT2D eigenvalue weighted by molar-refractivity contribution is -0.130. The summed E-state index contributed by atoms with van der Waals surface area (Å²) in [5.41, 5.74) is 1.36. The predicted molar refractivity (Wildman–Crippen MR) is 113 cm³/mol. The molecule has 7 heteroatoms. The standard InChI is InChI=1S/C23H28N2O5/c1-28-18-10-8-17(9-11-18)16-21(26)24-12-5-13-25(15-14-24)23(27)22-19(29-2)6-4-7-20(22)30-3/h4,6-11H,5,12-16H2,1-3H3. The zero-order chi connectivity index (χ0) is 21.5. The average molecular weight is 412 g/mol. The van der Waals surface area contributed by atoms with Crippen LogP contribution in [0.5, 0.6) is 17.2 Å². The highest BCUT2D eigenvalue weighted by Crippen LogP contribution is 2.30. The Labute approximate surface area is 177 Å². The molecule has 0 aliphatic carbocycles. The van der Waals surface area contributed by atoms with Gasteiger partial charge in [-0.1, -0.05) is 18.2 Å². The molecule has 7 nitrogen and oxygen atoms in total. The Hall–Kier alpha value is -3.22. The molecule has 1 saturated heterocycles. The first-order valence-electron chi connectivity index (χ1n) is 9.98. The van der Waals surface area contributed by atoms with Crippen molar-refractivity contribution in [2.24, 2.45) is 0 Å². The second-order valence-corrected chi connectivity index (χ2v) is 7.09. The van der Waals surface area contributed by atoms with Crippen molar-refractivity contribution in [3.05, 3.63) is 53.6 Å². The summed E-state index contributed by atoms with van der Waals surface area (Å²) in [7, 11) is 4.69. The lowest BCUT2D eigenvalue weighted by Gasteiger charge is -2.23. The summed E-state index contributed by atoms with van der Waals surface area (Å²) in [5.74, 6) is 1.65. The van der Waals surface area contributed by atoms with Crippen molar-refractivity contribution in [1.29, 1.82) is 0 Å². The van der Waals surface area contributed by atoms with Gasteiger partial charge in [0.2, 0.25) is 5.91 Å². The quantitative estimate of drug-likeness (QED) is 0.730. The minimum atomic E-state index is -0.145. The van der Waals surface area contributed by atoms with Crippen LogP contribution < -0.4 is 14.2 Å². The number of carbonyl (C=O) groups excluding carboxylic acids is 2. The van der Waals surface area contributed by atoms with Crippen molar-refractivity contribution < 1.29 is 23.8 Å². The van der Waals surface area contributed by atoms with Crippen LogP contribution in [0, 0.1) is 0 Å². The van der Waals surface area contributed by atoms with Gasteiger partial charge in [0.1, 0.15) is 22.8 Å². The lowest BCUT2D eigenvalue weighted by atomic mass is 10.1. The summed E-state index contributed by atoms with van der Waals surface area (Å²) >= 11 is 0. The summed E-state index contributed by atoms with van der Waals surface area (Å²) in [6.07, 6.45) is 1.05. The molecule has 0 aromatic heterocycles. The predicted octanol–water partition coefficient (Wildman–Crippen LogP) is 2.63. The van der Waals surface area contributed by atoms with E-state index < -0.39 is 0 Å². The van der Waals surface area contributed by atoms with Crippen LogP contribution in [0.2, 0.25) is 0 Å². The normalized spacial score (nSPS) is 14.1. The number of ether oxygens (including phenoxy) is 3. The average Bonchev–Trinajstić information content (AvgIpc) is 3.05. The van der Waals surface area contributed by atoms with Crippen molar-refractivity contribution in [2.45, 2.75) is 12.8 Å². The summed E-state index contributed by atoms with van der Waals surface area (Å²) in [4.78, 5) is 29.6. The van der Waals surface area contributed by atoms with Gasteiger partial charge < -0.3 is 24.0 Å². The molecule has 0 saturated carbocycles. The zero-order valence-electron chi connectivity index (χ0n) is 17.7. The molecule has 160 valence electrons. The summed E-state index contributed by atoms with van der Waals surface area (Å²) in [5, 5.41) is 0. The Bertz CT molecular complexity index is 859. The third-order valence-corrected chi connectivity index (χ3v) is 5.29. The van der Waals surface area contributed by atoms with E-state index in [2.05, 4.69) is 0 Å². The van der Waals surface area contributed by atoms with Crippen LogP contribution in [0.4, 0.5) is 0 Å². The third-order valence-electron chi connectivity index (χ3n) is 5.29. The first kappa shape index (κ1) is 21.5. The van der Waals surface area contributed by atoms with E-state index in [0.717, 1.165) is 17.7 Å². The largest absolute Gasteiger partial charge is 0.497 e. The fourth-order valence-corrected chi connectivity index (χ4v) is 3.62. The molecule has 0 atom stereocenters. The Morgan fingerprint density at radius 3 is 2.00 bits per heavy atom. The molecule has 3 rings (SSSR count). The lowest BCUT2D eigenvalue weighted by Crippen LogP contribution is -2.38. The molecular formula is C23H28N2O5. The van der Waals surface area contributed by atoms with Gasteiger partial charge in [-0.15, -0.1) is 0 Å². The minimum Gasteiger partial charge on any atom is -0.497 e. The van der Waals surface area contributed by atoms with Crippen LogP contribution in [-0.2, 0) is 11.2 Å². The van der Waals surface area contributed by atoms with E-state index in [1.54, 1.807) is 30.2 Å². The highest BCUT2D eigenvalue weighted by Gasteiger charge is 2.27. The van der Waals surface area contributed by atoms with Crippen molar-refractivity contribution in [3.8, 4) is 17.2 Å². The van der Waals surface area contributed by atoms with Crippen LogP contribution in [0.1, 0.15) is 22.3 Å². The summed E-state index contributed by atoms with van der Waals surface area (Å²) in [6, 6.07) is 12.8. The van der Waals surface area contributed by atoms with Gasteiger partial charge in [0.25, 0.3) is 5.91 Å². The molecule has 1 aliphatic rings. The SMILES string of the molecule is COc1ccc(CC(=O)N2CCCN(C(=O)c3c(OC)cccc3OC)CC2)cc1. The molecule has 0 spiro atoms. The van der Waals surface area contributed by atoms with Gasteiger partial charge >= 0.3 is 0 Å². The molecular weight excluding hydrogens is 384 g/mol. The van der Waals surface area contributed by atoms with Crippen LogP contribution in [0.3, 0.4) is 0 Å². The Morgan fingerprint density at radius 2 is 1.40 bits per heavy atom. The highest BCUT2D eigenvalue weighted by atomic mass is 16.5. The van der Waals surface area contributed by atoms with E-state index in [0.29, 0.717) is 49.7 Å². The molecule has 0 radical (unpaired) electrons. The van der Waals surface area contributed by atoms with Crippen LogP contribution >= 0.6 is 0 Å². The van der Waals surface area contributed by atoms with E-state index in [1.165, 1.54) is 14.2 Å². The van der Waals surface area contributed by atoms with Crippen molar-refractivity contribution in [1.82, 2.24) is 9.80 Å². The topological polar surface area (TPSA) is 68.3 Å². The Kier molecular flexibility index (Phi) is 7.17. The zero-order valence-corrected chi connectivity index (χ0v) is 17.7. The third kappa shape index (κ3) is 4.84. The van der Waals surface area contributed by atoms with E-state index in [-0.39, 0.29) is 11.8 Å². The van der Waals surface area contributed by atoms with Crippen molar-refractivity contribution in [3.63, 3.8) is 0 Å². The van der Waals surface area contributed by atoms with Gasteiger partial charge in [-0.3, -0.25) is 9.59 Å². The molecule has 0 N–H and O–H groups in total. The molecule has 2 aromatic carbocycles. The Balaban J connectivity index is 1.66. The molecule has 2 amide bonds. The highest BCUT2D eigenvalue weighted by molar-refractivity contribution is 5.99. The van der Waals surface area contributed by atoms with Crippen LogP contribution in [0.25, 0.3) is 0 Å². The van der Waals surface area contributed by atoms with Gasteiger partial charge in [0.15, 0.2) is 0 Å². The maximum atomic E-state index is 13.2. The van der Waals surface area contributed by atoms with Gasteiger partial charge in [-0.2, -0.15) is 0 Å². The molecule has 2 aromatic rings. The molecule has 1 heterocycles. The van der Waals surface area contributed by atoms with Gasteiger partial charge in [0, 0.05) is 26.2 Å². The van der Waals surface area contributed by atoms with Crippen LogP contribution in [-0.4, -0.2) is 69.1 Å². The number of amides is 2. The fraction of sp³-hybridized carbons (Fsp3) is 0.391. The van der Waals surface area contributed by atoms with E-state index in [1.807, 2.05) is 29.2 Å². The Morgan fingerprint density at radius 1 is 0.800 bits per heavy atom. The van der Waals surface area contributed by atoms with Crippen molar-refractivity contribution in [2.75, 3.05) is 47.5 Å². The summed E-state index contributed by atoms with van der Waals surface area (Å²) < 4.78 is 15.9. The first-order chi connectivity index (χ1) is 14.6. The number of nitrogens with zero attached hydrogens (tertiary/aromatic N) is 2. The molecule has 30 heavy (non-hydrogen) atoms. The van der Waals surface area contributed by atoms with E-state index in [9.17, 15) is 9.59 Å². The second kappa shape index (κ2) is 10.0. The van der Waals surface area contributed by atoms with Crippen molar-refractivity contribution >= 4 is 11.8 Å². The number of methoxy groups -OCH3 is 3. The molecule has 1 fully saturated rings. The number of hydrogen-bond donors (Lipinski definition) is 0. The van der Waals surface area contributed by atoms with Crippen LogP contribution in [0.15, 0.2) is 42.5 Å². The second-order valence-electron chi connectivity index (χ2n) is 7.09. The van der Waals surface area contributed by atoms with E-state index >= 15 is 0 Å². The molecule has 0 bridgehead atoms. The molecule has 1 aliphatic heterocycles. The van der Waals surface area contributed by atoms with Gasteiger partial charge in [-0.05, 0) is 36.2 Å². The smallest absolute Gasteiger partial charge is 0.261 e. The first-order valence-corrected chi connectivity index (χ1v) is 9.98. The van der Waals surface area contributed by atoms with E-state index in [4.69, 9.17) is 14.2 Å².